The van der Waals surface area contributed by atoms with E-state index in [1.54, 1.807) is 22.3 Å². The van der Waals surface area contributed by atoms with Crippen molar-refractivity contribution in [3.8, 4) is 22.3 Å². The molecule has 0 atom stereocenters. The van der Waals surface area contributed by atoms with E-state index in [2.05, 4.69) is 111 Å². The van der Waals surface area contributed by atoms with Gasteiger partial charge in [0.05, 0.1) is 8.07 Å². The average Bonchev–Trinajstić information content (AvgIpc) is 3.36. The van der Waals surface area contributed by atoms with E-state index < -0.39 is 8.07 Å². The highest BCUT2D eigenvalue weighted by Crippen LogP contribution is 2.59. The zero-order valence-electron chi connectivity index (χ0n) is 18.3. The molecule has 4 aromatic carbocycles. The van der Waals surface area contributed by atoms with Gasteiger partial charge in [-0.1, -0.05) is 123 Å². The van der Waals surface area contributed by atoms with Crippen LogP contribution in [0.15, 0.2) is 97.1 Å². The standard InChI is InChI=1S/C30H28Si/c1-3-31(4-2,29-25-17-9-5-13-21(25)22-14-6-10-18-26(22)29)30-27-19-11-7-15-23(27)24-16-8-12-20-28(24)30/h5-20,29-30H,3-4H2,1-2H3. The summed E-state index contributed by atoms with van der Waals surface area (Å²) in [6, 6.07) is 39.4. The van der Waals surface area contributed by atoms with Crippen LogP contribution in [0.5, 0.6) is 0 Å². The molecule has 0 spiro atoms. The van der Waals surface area contributed by atoms with Gasteiger partial charge in [0, 0.05) is 11.1 Å². The molecule has 0 bridgehead atoms. The van der Waals surface area contributed by atoms with E-state index in [9.17, 15) is 0 Å². The molecule has 0 saturated heterocycles. The Morgan fingerprint density at radius 3 is 0.968 bits per heavy atom. The van der Waals surface area contributed by atoms with Crippen molar-refractivity contribution in [2.24, 2.45) is 0 Å². The van der Waals surface area contributed by atoms with Gasteiger partial charge in [0.1, 0.15) is 0 Å². The minimum absolute atomic E-state index is 0.541. The van der Waals surface area contributed by atoms with Gasteiger partial charge in [0.15, 0.2) is 0 Å². The summed E-state index contributed by atoms with van der Waals surface area (Å²) in [5.41, 5.74) is 13.2. The molecular formula is C30H28Si. The highest BCUT2D eigenvalue weighted by molar-refractivity contribution is 6.84. The first-order valence-electron chi connectivity index (χ1n) is 11.7. The van der Waals surface area contributed by atoms with Crippen LogP contribution in [-0.4, -0.2) is 8.07 Å². The third-order valence-corrected chi connectivity index (χ3v) is 14.3. The fourth-order valence-electron chi connectivity index (χ4n) is 6.78. The lowest BCUT2D eigenvalue weighted by atomic mass is 10.1. The van der Waals surface area contributed by atoms with Crippen molar-refractivity contribution < 1.29 is 0 Å². The Balaban J connectivity index is 1.66. The van der Waals surface area contributed by atoms with Crippen LogP contribution in [0.1, 0.15) is 47.2 Å². The summed E-state index contributed by atoms with van der Waals surface area (Å²) in [5.74, 6) is 0. The molecule has 0 nitrogen and oxygen atoms in total. The van der Waals surface area contributed by atoms with Crippen LogP contribution in [0, 0.1) is 0 Å². The molecule has 0 heterocycles. The number of hydrogen-bond acceptors (Lipinski definition) is 0. The largest absolute Gasteiger partial charge is 0.0785 e. The number of hydrogen-bond donors (Lipinski definition) is 0. The van der Waals surface area contributed by atoms with Crippen molar-refractivity contribution in [3.05, 3.63) is 119 Å². The van der Waals surface area contributed by atoms with Gasteiger partial charge in [0.25, 0.3) is 0 Å². The monoisotopic (exact) mass is 416 g/mol. The molecule has 0 saturated carbocycles. The van der Waals surface area contributed by atoms with Crippen LogP contribution in [0.2, 0.25) is 12.1 Å². The lowest BCUT2D eigenvalue weighted by Crippen LogP contribution is -2.47. The SMILES string of the molecule is CC[Si](CC)(C1c2ccccc2-c2ccccc21)C1c2ccccc2-c2ccccc21. The fourth-order valence-corrected chi connectivity index (χ4v) is 12.7. The summed E-state index contributed by atoms with van der Waals surface area (Å²) in [6.45, 7) is 4.95. The maximum absolute atomic E-state index is 2.48. The average molecular weight is 417 g/mol. The maximum Gasteiger partial charge on any atom is 0.0785 e. The predicted molar refractivity (Wildman–Crippen MR) is 134 cm³/mol. The van der Waals surface area contributed by atoms with Crippen molar-refractivity contribution in [2.75, 3.05) is 0 Å². The van der Waals surface area contributed by atoms with E-state index >= 15 is 0 Å². The van der Waals surface area contributed by atoms with Crippen molar-refractivity contribution in [1.82, 2.24) is 0 Å². The number of benzene rings is 4. The lowest BCUT2D eigenvalue weighted by molar-refractivity contribution is 0.945. The molecule has 6 rings (SSSR count). The maximum atomic E-state index is 2.48. The zero-order chi connectivity index (χ0) is 21.0. The van der Waals surface area contributed by atoms with Crippen LogP contribution in [-0.2, 0) is 0 Å². The quantitative estimate of drug-likeness (QED) is 0.294. The Hall–Kier alpha value is -2.90. The van der Waals surface area contributed by atoms with Crippen LogP contribution < -0.4 is 0 Å². The van der Waals surface area contributed by atoms with Gasteiger partial charge in [-0.3, -0.25) is 0 Å². The smallest absolute Gasteiger partial charge is 0.0677 e. The summed E-state index contributed by atoms with van der Waals surface area (Å²) >= 11 is 0. The topological polar surface area (TPSA) is 0 Å². The molecule has 0 unspecified atom stereocenters. The van der Waals surface area contributed by atoms with Crippen LogP contribution >= 0.6 is 0 Å². The van der Waals surface area contributed by atoms with Gasteiger partial charge in [-0.05, 0) is 44.5 Å². The molecule has 0 N–H and O–H groups in total. The Bertz CT molecular complexity index is 1090. The summed E-state index contributed by atoms with van der Waals surface area (Å²) in [5, 5.41) is 0. The summed E-state index contributed by atoms with van der Waals surface area (Å²) in [4.78, 5) is 0. The van der Waals surface area contributed by atoms with Crippen LogP contribution in [0.4, 0.5) is 0 Å². The van der Waals surface area contributed by atoms with Crippen molar-refractivity contribution in [1.29, 1.82) is 0 Å². The lowest BCUT2D eigenvalue weighted by Gasteiger charge is -2.43. The van der Waals surface area contributed by atoms with Gasteiger partial charge < -0.3 is 0 Å². The minimum Gasteiger partial charge on any atom is -0.0677 e. The third kappa shape index (κ3) is 2.47. The molecular weight excluding hydrogens is 388 g/mol. The van der Waals surface area contributed by atoms with Crippen molar-refractivity contribution in [3.63, 3.8) is 0 Å². The Morgan fingerprint density at radius 2 is 0.710 bits per heavy atom. The van der Waals surface area contributed by atoms with Gasteiger partial charge in [-0.15, -0.1) is 0 Å². The Kier molecular flexibility index (Phi) is 4.29. The molecule has 1 heteroatoms. The molecule has 31 heavy (non-hydrogen) atoms. The molecule has 4 aromatic rings. The molecule has 0 radical (unpaired) electrons. The molecule has 2 aliphatic carbocycles. The molecule has 2 aliphatic rings. The summed E-state index contributed by atoms with van der Waals surface area (Å²) in [6.07, 6.45) is 0. The first-order valence-corrected chi connectivity index (χ1v) is 14.2. The van der Waals surface area contributed by atoms with E-state index in [-0.39, 0.29) is 0 Å². The van der Waals surface area contributed by atoms with E-state index in [4.69, 9.17) is 0 Å². The van der Waals surface area contributed by atoms with Crippen molar-refractivity contribution >= 4 is 8.07 Å². The molecule has 0 fully saturated rings. The van der Waals surface area contributed by atoms with E-state index in [0.717, 1.165) is 0 Å². The Morgan fingerprint density at radius 1 is 0.452 bits per heavy atom. The molecule has 0 amide bonds. The van der Waals surface area contributed by atoms with E-state index in [1.807, 2.05) is 0 Å². The van der Waals surface area contributed by atoms with Gasteiger partial charge in [-0.2, -0.15) is 0 Å². The number of rotatable bonds is 4. The highest BCUT2D eigenvalue weighted by atomic mass is 28.3. The summed E-state index contributed by atoms with van der Waals surface area (Å²) < 4.78 is 0. The van der Waals surface area contributed by atoms with Crippen LogP contribution in [0.25, 0.3) is 22.3 Å². The first kappa shape index (κ1) is 18.8. The number of fused-ring (bicyclic) bond motifs is 6. The van der Waals surface area contributed by atoms with Crippen molar-refractivity contribution in [2.45, 2.75) is 37.0 Å². The highest BCUT2D eigenvalue weighted by Gasteiger charge is 2.52. The van der Waals surface area contributed by atoms with E-state index in [0.29, 0.717) is 11.1 Å². The second-order valence-corrected chi connectivity index (χ2v) is 14.2. The van der Waals surface area contributed by atoms with E-state index in [1.165, 1.54) is 34.3 Å². The molecule has 152 valence electrons. The third-order valence-electron chi connectivity index (χ3n) is 8.13. The summed E-state index contributed by atoms with van der Waals surface area (Å²) in [7, 11) is -1.88. The fraction of sp³-hybridized carbons (Fsp3) is 0.200. The molecule has 0 aliphatic heterocycles. The van der Waals surface area contributed by atoms with Gasteiger partial charge in [0.2, 0.25) is 0 Å². The van der Waals surface area contributed by atoms with Gasteiger partial charge in [-0.25, -0.2) is 0 Å². The second-order valence-electron chi connectivity index (χ2n) is 9.16. The Labute approximate surface area is 186 Å². The van der Waals surface area contributed by atoms with Crippen LogP contribution in [0.3, 0.4) is 0 Å². The van der Waals surface area contributed by atoms with Gasteiger partial charge >= 0.3 is 0 Å². The second kappa shape index (κ2) is 7.07. The minimum atomic E-state index is -1.88. The normalized spacial score (nSPS) is 14.8. The zero-order valence-corrected chi connectivity index (χ0v) is 19.3. The predicted octanol–water partition coefficient (Wildman–Crippen LogP) is 8.18. The first-order chi connectivity index (χ1) is 15.3. The molecule has 0 aromatic heterocycles.